The molecule has 0 atom stereocenters. The van der Waals surface area contributed by atoms with E-state index < -0.39 is 8.87 Å². The van der Waals surface area contributed by atoms with Crippen molar-refractivity contribution in [3.05, 3.63) is 36.8 Å². The zero-order valence-electron chi connectivity index (χ0n) is 8.77. The molecule has 0 saturated carbocycles. The smallest absolute Gasteiger partial charge is 0.212 e. The van der Waals surface area contributed by atoms with Gasteiger partial charge in [-0.3, -0.25) is 0 Å². The fourth-order valence-corrected chi connectivity index (χ4v) is 3.94. The van der Waals surface area contributed by atoms with Gasteiger partial charge >= 0.3 is 0 Å². The number of aryl methyl sites for hydroxylation is 1. The number of benzene rings is 1. The Labute approximate surface area is 95.4 Å². The van der Waals surface area contributed by atoms with Crippen LogP contribution in [0.15, 0.2) is 29.2 Å². The minimum absolute atomic E-state index is 0.391. The molecule has 0 N–H and O–H groups in total. The summed E-state index contributed by atoms with van der Waals surface area (Å²) in [7, 11) is -2.17. The van der Waals surface area contributed by atoms with E-state index in [0.717, 1.165) is 29.2 Å². The van der Waals surface area contributed by atoms with E-state index in [1.807, 2.05) is 19.1 Å². The van der Waals surface area contributed by atoms with E-state index >= 15 is 0 Å². The molecule has 2 nitrogen and oxygen atoms in total. The maximum absolute atomic E-state index is 11.8. The highest BCUT2D eigenvalue weighted by Gasteiger charge is 2.13. The molecule has 1 rings (SSSR count). The van der Waals surface area contributed by atoms with Gasteiger partial charge in [0.05, 0.1) is 4.90 Å². The first-order valence-corrected chi connectivity index (χ1v) is 7.80. The predicted octanol–water partition coefficient (Wildman–Crippen LogP) is 3.03. The number of hydrogen-bond acceptors (Lipinski definition) is 3. The molecule has 0 heterocycles. The van der Waals surface area contributed by atoms with Gasteiger partial charge in [0.1, 0.15) is 0 Å². The number of hydrogen-bond donors (Lipinski definition) is 0. The van der Waals surface area contributed by atoms with Crippen molar-refractivity contribution < 1.29 is 8.42 Å². The Bertz CT molecular complexity index is 393. The van der Waals surface area contributed by atoms with Crippen LogP contribution in [0.1, 0.15) is 18.4 Å². The molecular formula is C11H15O2S2. The predicted molar refractivity (Wildman–Crippen MR) is 65.4 cm³/mol. The van der Waals surface area contributed by atoms with Gasteiger partial charge in [0.25, 0.3) is 0 Å². The Kier molecular flexibility index (Phi) is 4.67. The Morgan fingerprint density at radius 1 is 1.27 bits per heavy atom. The Morgan fingerprint density at radius 2 is 1.87 bits per heavy atom. The Hall–Kier alpha value is -0.480. The minimum atomic E-state index is -3.16. The fraction of sp³-hybridized carbons (Fsp3) is 0.364. The third-order valence-electron chi connectivity index (χ3n) is 1.94. The van der Waals surface area contributed by atoms with Crippen molar-refractivity contribution in [1.29, 1.82) is 0 Å². The van der Waals surface area contributed by atoms with Gasteiger partial charge in [-0.25, -0.2) is 8.42 Å². The van der Waals surface area contributed by atoms with Crippen LogP contribution in [-0.2, 0) is 8.87 Å². The average Bonchev–Trinajstić information content (AvgIpc) is 2.18. The minimum Gasteiger partial charge on any atom is -0.212 e. The van der Waals surface area contributed by atoms with Crippen LogP contribution in [0.4, 0.5) is 0 Å². The number of rotatable bonds is 5. The summed E-state index contributed by atoms with van der Waals surface area (Å²) in [5.41, 5.74) is 1.07. The molecule has 1 radical (unpaired) electrons. The summed E-state index contributed by atoms with van der Waals surface area (Å²) < 4.78 is 23.5. The molecule has 0 aliphatic rings. The van der Waals surface area contributed by atoms with Crippen molar-refractivity contribution in [2.75, 3.05) is 5.75 Å². The summed E-state index contributed by atoms with van der Waals surface area (Å²) >= 11 is 0. The monoisotopic (exact) mass is 243 g/mol. The van der Waals surface area contributed by atoms with Crippen LogP contribution in [0.25, 0.3) is 0 Å². The first-order valence-electron chi connectivity index (χ1n) is 4.81. The maximum atomic E-state index is 11.8. The van der Waals surface area contributed by atoms with Gasteiger partial charge in [-0.2, -0.15) is 0 Å². The summed E-state index contributed by atoms with van der Waals surface area (Å²) in [6.45, 7) is 5.62. The molecule has 4 heteroatoms. The van der Waals surface area contributed by atoms with Gasteiger partial charge in [0, 0.05) is 5.75 Å². The van der Waals surface area contributed by atoms with E-state index in [9.17, 15) is 8.42 Å². The molecule has 0 aliphatic heterocycles. The van der Waals surface area contributed by atoms with Crippen molar-refractivity contribution in [2.24, 2.45) is 0 Å². The van der Waals surface area contributed by atoms with E-state index in [0.29, 0.717) is 10.6 Å². The second-order valence-electron chi connectivity index (χ2n) is 3.30. The molecule has 83 valence electrons. The lowest BCUT2D eigenvalue weighted by atomic mass is 10.2. The highest BCUT2D eigenvalue weighted by molar-refractivity contribution is 8.72. The van der Waals surface area contributed by atoms with E-state index in [2.05, 4.69) is 6.92 Å². The van der Waals surface area contributed by atoms with Crippen LogP contribution in [0.5, 0.6) is 0 Å². The molecule has 1 aromatic rings. The molecule has 0 aromatic heterocycles. The van der Waals surface area contributed by atoms with Crippen molar-refractivity contribution in [1.82, 2.24) is 0 Å². The zero-order chi connectivity index (χ0) is 11.3. The third-order valence-corrected chi connectivity index (χ3v) is 5.57. The fourth-order valence-electron chi connectivity index (χ4n) is 1.04. The van der Waals surface area contributed by atoms with E-state index in [1.165, 1.54) is 0 Å². The van der Waals surface area contributed by atoms with Crippen LogP contribution in [0.3, 0.4) is 0 Å². The Balaban J connectivity index is 2.73. The second-order valence-corrected chi connectivity index (χ2v) is 7.34. The SMILES string of the molecule is [CH2]CCCSS(=O)(=O)c1ccc(C)cc1. The molecule has 0 bridgehead atoms. The van der Waals surface area contributed by atoms with Crippen LogP contribution in [0.2, 0.25) is 0 Å². The van der Waals surface area contributed by atoms with Crippen LogP contribution < -0.4 is 0 Å². The van der Waals surface area contributed by atoms with Crippen LogP contribution in [-0.4, -0.2) is 14.2 Å². The average molecular weight is 243 g/mol. The van der Waals surface area contributed by atoms with Gasteiger partial charge in [0.2, 0.25) is 8.87 Å². The molecule has 0 spiro atoms. The molecule has 15 heavy (non-hydrogen) atoms. The molecule has 0 amide bonds. The van der Waals surface area contributed by atoms with E-state index in [1.54, 1.807) is 12.1 Å². The molecule has 1 aromatic carbocycles. The third kappa shape index (κ3) is 3.87. The maximum Gasteiger partial charge on any atom is 0.229 e. The normalized spacial score (nSPS) is 11.6. The lowest BCUT2D eigenvalue weighted by Gasteiger charge is -2.03. The van der Waals surface area contributed by atoms with Crippen LogP contribution >= 0.6 is 10.8 Å². The lowest BCUT2D eigenvalue weighted by Crippen LogP contribution is -1.96. The summed E-state index contributed by atoms with van der Waals surface area (Å²) in [6, 6.07) is 6.94. The first kappa shape index (κ1) is 12.6. The van der Waals surface area contributed by atoms with Gasteiger partial charge in [-0.05, 0) is 36.3 Å². The van der Waals surface area contributed by atoms with Crippen molar-refractivity contribution in [3.63, 3.8) is 0 Å². The highest BCUT2D eigenvalue weighted by Crippen LogP contribution is 2.24. The summed E-state index contributed by atoms with van der Waals surface area (Å²) in [5.74, 6) is 0.611. The molecular weight excluding hydrogens is 228 g/mol. The van der Waals surface area contributed by atoms with Gasteiger partial charge in [-0.1, -0.05) is 31.0 Å². The van der Waals surface area contributed by atoms with E-state index in [4.69, 9.17) is 0 Å². The van der Waals surface area contributed by atoms with Gasteiger partial charge < -0.3 is 0 Å². The summed E-state index contributed by atoms with van der Waals surface area (Å²) in [4.78, 5) is 0.391. The van der Waals surface area contributed by atoms with Crippen molar-refractivity contribution >= 4 is 19.7 Å². The van der Waals surface area contributed by atoms with Gasteiger partial charge in [-0.15, -0.1) is 0 Å². The Morgan fingerprint density at radius 3 is 2.40 bits per heavy atom. The first-order chi connectivity index (χ1) is 7.06. The molecule has 0 aliphatic carbocycles. The van der Waals surface area contributed by atoms with E-state index in [-0.39, 0.29) is 0 Å². The zero-order valence-corrected chi connectivity index (χ0v) is 10.4. The van der Waals surface area contributed by atoms with Gasteiger partial charge in [0.15, 0.2) is 0 Å². The lowest BCUT2D eigenvalue weighted by molar-refractivity contribution is 0.610. The topological polar surface area (TPSA) is 34.1 Å². The summed E-state index contributed by atoms with van der Waals surface area (Å²) in [6.07, 6.45) is 1.60. The second kappa shape index (κ2) is 5.56. The quantitative estimate of drug-likeness (QED) is 0.589. The van der Waals surface area contributed by atoms with Crippen molar-refractivity contribution in [2.45, 2.75) is 24.7 Å². The molecule has 0 fully saturated rings. The van der Waals surface area contributed by atoms with Crippen LogP contribution in [0, 0.1) is 13.8 Å². The molecule has 0 unspecified atom stereocenters. The highest BCUT2D eigenvalue weighted by atomic mass is 33.1. The standard InChI is InChI=1S/C11H15O2S2/c1-3-4-9-14-15(12,13)11-7-5-10(2)6-8-11/h5-8H,1,3-4,9H2,2H3. The van der Waals surface area contributed by atoms with Crippen molar-refractivity contribution in [3.8, 4) is 0 Å². The largest absolute Gasteiger partial charge is 0.229 e. The number of unbranched alkanes of at least 4 members (excludes halogenated alkanes) is 1. The summed E-state index contributed by atoms with van der Waals surface area (Å²) in [5, 5.41) is 0. The molecule has 0 saturated heterocycles.